The highest BCUT2D eigenvalue weighted by Crippen LogP contribution is 2.17. The van der Waals surface area contributed by atoms with Crippen molar-refractivity contribution in [3.63, 3.8) is 0 Å². The quantitative estimate of drug-likeness (QED) is 0.420. The monoisotopic (exact) mass is 429 g/mol. The third kappa shape index (κ3) is 5.35. The second-order valence-corrected chi connectivity index (χ2v) is 7.30. The first kappa shape index (κ1) is 21.2. The van der Waals surface area contributed by atoms with Gasteiger partial charge in [0.2, 0.25) is 5.82 Å². The molecule has 162 valence electrons. The number of nitrogens with one attached hydrogen (secondary N) is 1. The molecule has 0 bridgehead atoms. The zero-order valence-electron chi connectivity index (χ0n) is 17.6. The minimum Gasteiger partial charge on any atom is -0.497 e. The zero-order valence-corrected chi connectivity index (χ0v) is 17.6. The summed E-state index contributed by atoms with van der Waals surface area (Å²) in [4.78, 5) is 12.5. The molecule has 0 aliphatic rings. The number of aromatic carboxylic acids is 1. The summed E-state index contributed by atoms with van der Waals surface area (Å²) in [6, 6.07) is 22.6. The van der Waals surface area contributed by atoms with Gasteiger partial charge in [-0.2, -0.15) is 4.80 Å². The van der Waals surface area contributed by atoms with E-state index in [1.54, 1.807) is 24.0 Å². The van der Waals surface area contributed by atoms with Gasteiger partial charge in [-0.1, -0.05) is 42.5 Å². The number of carbonyl (C=O) groups is 1. The predicted octanol–water partition coefficient (Wildman–Crippen LogP) is 3.39. The van der Waals surface area contributed by atoms with Crippen LogP contribution < -0.4 is 10.1 Å². The molecule has 0 saturated carbocycles. The predicted molar refractivity (Wildman–Crippen MR) is 119 cm³/mol. The second-order valence-electron chi connectivity index (χ2n) is 7.30. The van der Waals surface area contributed by atoms with Gasteiger partial charge in [0.1, 0.15) is 5.75 Å². The van der Waals surface area contributed by atoms with E-state index in [1.165, 1.54) is 0 Å². The number of hydrogen-bond acceptors (Lipinski definition) is 6. The minimum absolute atomic E-state index is 0.286. The van der Waals surface area contributed by atoms with Gasteiger partial charge < -0.3 is 15.2 Å². The van der Waals surface area contributed by atoms with E-state index >= 15 is 0 Å². The van der Waals surface area contributed by atoms with Crippen molar-refractivity contribution in [2.45, 2.75) is 19.6 Å². The number of carboxylic acids is 1. The third-order valence-electron chi connectivity index (χ3n) is 4.98. The Balaban J connectivity index is 1.35. The van der Waals surface area contributed by atoms with Gasteiger partial charge in [0.05, 0.1) is 19.2 Å². The van der Waals surface area contributed by atoms with Gasteiger partial charge in [-0.15, -0.1) is 10.2 Å². The lowest BCUT2D eigenvalue weighted by molar-refractivity contribution is 0.0697. The molecule has 1 aromatic heterocycles. The Morgan fingerprint density at radius 2 is 1.69 bits per heavy atom. The normalized spacial score (nSPS) is 10.8. The van der Waals surface area contributed by atoms with Crippen LogP contribution in [-0.4, -0.2) is 38.4 Å². The second kappa shape index (κ2) is 9.84. The highest BCUT2D eigenvalue weighted by atomic mass is 16.5. The molecule has 8 nitrogen and oxygen atoms in total. The maximum Gasteiger partial charge on any atom is 0.335 e. The molecule has 0 spiro atoms. The van der Waals surface area contributed by atoms with Gasteiger partial charge in [0.25, 0.3) is 0 Å². The molecule has 0 amide bonds. The van der Waals surface area contributed by atoms with Crippen LogP contribution in [0.25, 0.3) is 11.4 Å². The molecular weight excluding hydrogens is 406 g/mol. The van der Waals surface area contributed by atoms with Gasteiger partial charge >= 0.3 is 5.97 Å². The van der Waals surface area contributed by atoms with Crippen LogP contribution in [0.15, 0.2) is 72.8 Å². The third-order valence-corrected chi connectivity index (χ3v) is 4.98. The first-order valence-corrected chi connectivity index (χ1v) is 10.1. The molecule has 0 radical (unpaired) electrons. The lowest BCUT2D eigenvalue weighted by Gasteiger charge is -2.07. The van der Waals surface area contributed by atoms with Crippen LogP contribution in [0.2, 0.25) is 0 Å². The fourth-order valence-electron chi connectivity index (χ4n) is 3.26. The van der Waals surface area contributed by atoms with Crippen molar-refractivity contribution in [3.05, 3.63) is 95.1 Å². The maximum absolute atomic E-state index is 10.9. The first-order valence-electron chi connectivity index (χ1n) is 10.1. The number of hydrogen-bond donors (Lipinski definition) is 2. The Morgan fingerprint density at radius 3 is 2.41 bits per heavy atom. The number of carboxylic acid groups (broad SMARTS) is 1. The van der Waals surface area contributed by atoms with Crippen molar-refractivity contribution in [1.29, 1.82) is 0 Å². The van der Waals surface area contributed by atoms with Crippen LogP contribution in [0.1, 0.15) is 27.0 Å². The van der Waals surface area contributed by atoms with Crippen molar-refractivity contribution in [2.24, 2.45) is 0 Å². The molecule has 8 heteroatoms. The molecular formula is C24H23N5O3. The van der Waals surface area contributed by atoms with E-state index in [2.05, 4.69) is 20.7 Å². The Morgan fingerprint density at radius 1 is 0.969 bits per heavy atom. The van der Waals surface area contributed by atoms with Crippen LogP contribution in [0.5, 0.6) is 5.75 Å². The zero-order chi connectivity index (χ0) is 22.3. The van der Waals surface area contributed by atoms with Crippen molar-refractivity contribution in [1.82, 2.24) is 25.5 Å². The molecule has 0 unspecified atom stereocenters. The smallest absolute Gasteiger partial charge is 0.335 e. The van der Waals surface area contributed by atoms with Crippen molar-refractivity contribution in [2.75, 3.05) is 7.11 Å². The Labute approximate surface area is 185 Å². The topological polar surface area (TPSA) is 102 Å². The molecule has 32 heavy (non-hydrogen) atoms. The summed E-state index contributed by atoms with van der Waals surface area (Å²) in [7, 11) is 1.64. The Kier molecular flexibility index (Phi) is 6.52. The van der Waals surface area contributed by atoms with E-state index in [9.17, 15) is 4.79 Å². The lowest BCUT2D eigenvalue weighted by atomic mass is 10.1. The SMILES string of the molecule is COc1ccc(Cn2nnc(-c3cccc(CNCc4ccc(C(=O)O)cc4)c3)n2)cc1. The largest absolute Gasteiger partial charge is 0.497 e. The fraction of sp³-hybridized carbons (Fsp3) is 0.167. The van der Waals surface area contributed by atoms with Gasteiger partial charge in [-0.3, -0.25) is 0 Å². The van der Waals surface area contributed by atoms with Crippen molar-refractivity contribution < 1.29 is 14.6 Å². The fourth-order valence-corrected chi connectivity index (χ4v) is 3.26. The summed E-state index contributed by atoms with van der Waals surface area (Å²) in [6.07, 6.45) is 0. The Hall–Kier alpha value is -4.04. The number of aromatic nitrogens is 4. The average Bonchev–Trinajstić information content (AvgIpc) is 3.29. The Bertz CT molecular complexity index is 1190. The number of tetrazole rings is 1. The molecule has 0 aliphatic heterocycles. The molecule has 4 rings (SSSR count). The highest BCUT2D eigenvalue weighted by molar-refractivity contribution is 5.87. The van der Waals surface area contributed by atoms with Crippen LogP contribution in [0.4, 0.5) is 0 Å². The van der Waals surface area contributed by atoms with E-state index in [4.69, 9.17) is 9.84 Å². The summed E-state index contributed by atoms with van der Waals surface area (Å²) < 4.78 is 5.18. The van der Waals surface area contributed by atoms with Gasteiger partial charge in [-0.25, -0.2) is 4.79 Å². The van der Waals surface area contributed by atoms with E-state index < -0.39 is 5.97 Å². The highest BCUT2D eigenvalue weighted by Gasteiger charge is 2.08. The van der Waals surface area contributed by atoms with Crippen LogP contribution in [0.3, 0.4) is 0 Å². The molecule has 0 aliphatic carbocycles. The van der Waals surface area contributed by atoms with Crippen LogP contribution in [-0.2, 0) is 19.6 Å². The molecule has 1 heterocycles. The van der Waals surface area contributed by atoms with Crippen LogP contribution >= 0.6 is 0 Å². The standard InChI is InChI=1S/C24H23N5O3/c1-32-22-11-7-18(8-12-22)16-29-27-23(26-28-29)21-4-2-3-19(13-21)15-25-14-17-5-9-20(10-6-17)24(30)31/h2-13,25H,14-16H2,1H3,(H,30,31). The summed E-state index contributed by atoms with van der Waals surface area (Å²) in [5.41, 5.74) is 4.36. The minimum atomic E-state index is -0.920. The van der Waals surface area contributed by atoms with E-state index in [1.807, 2.05) is 60.7 Å². The molecule has 0 saturated heterocycles. The molecule has 0 fully saturated rings. The molecule has 3 aromatic carbocycles. The number of ether oxygens (including phenoxy) is 1. The van der Waals surface area contributed by atoms with E-state index in [-0.39, 0.29) is 5.56 Å². The number of nitrogens with zero attached hydrogens (tertiary/aromatic N) is 4. The van der Waals surface area contributed by atoms with E-state index in [0.29, 0.717) is 25.5 Å². The number of benzene rings is 3. The van der Waals surface area contributed by atoms with Gasteiger partial charge in [-0.05, 0) is 52.2 Å². The molecule has 2 N–H and O–H groups in total. The lowest BCUT2D eigenvalue weighted by Crippen LogP contribution is -2.12. The molecule has 0 atom stereocenters. The molecule has 4 aromatic rings. The summed E-state index contributed by atoms with van der Waals surface area (Å²) in [5, 5.41) is 25.2. The average molecular weight is 429 g/mol. The van der Waals surface area contributed by atoms with Crippen molar-refractivity contribution in [3.8, 4) is 17.1 Å². The summed E-state index contributed by atoms with van der Waals surface area (Å²) in [5.74, 6) is 0.462. The first-order chi connectivity index (χ1) is 15.6. The van der Waals surface area contributed by atoms with Crippen LogP contribution in [0, 0.1) is 0 Å². The summed E-state index contributed by atoms with van der Waals surface area (Å²) >= 11 is 0. The number of rotatable bonds is 9. The maximum atomic E-state index is 10.9. The van der Waals surface area contributed by atoms with Gasteiger partial charge in [0, 0.05) is 18.7 Å². The van der Waals surface area contributed by atoms with Gasteiger partial charge in [0.15, 0.2) is 0 Å². The van der Waals surface area contributed by atoms with Crippen molar-refractivity contribution >= 4 is 5.97 Å². The number of methoxy groups -OCH3 is 1. The summed E-state index contributed by atoms with van der Waals surface area (Å²) in [6.45, 7) is 1.83. The van der Waals surface area contributed by atoms with E-state index in [0.717, 1.165) is 28.0 Å².